The molecule has 0 radical (unpaired) electrons. The predicted octanol–water partition coefficient (Wildman–Crippen LogP) is 4.65. The van der Waals surface area contributed by atoms with Crippen molar-refractivity contribution in [2.75, 3.05) is 5.32 Å². The van der Waals surface area contributed by atoms with E-state index >= 15 is 0 Å². The minimum Gasteiger partial charge on any atom is -0.478 e. The van der Waals surface area contributed by atoms with E-state index in [0.717, 1.165) is 5.56 Å². The van der Waals surface area contributed by atoms with Crippen LogP contribution in [-0.2, 0) is 0 Å². The van der Waals surface area contributed by atoms with Crippen LogP contribution in [-0.4, -0.2) is 21.9 Å². The largest absolute Gasteiger partial charge is 0.478 e. The molecule has 3 aromatic rings. The highest BCUT2D eigenvalue weighted by atomic mass is 16.6. The first kappa shape index (κ1) is 19.6. The summed E-state index contributed by atoms with van der Waals surface area (Å²) in [6, 6.07) is 16.7. The summed E-state index contributed by atoms with van der Waals surface area (Å²) in [5.41, 5.74) is 0.537. The number of non-ortho nitro benzene ring substituents is 1. The maximum atomic E-state index is 12.5. The summed E-state index contributed by atoms with van der Waals surface area (Å²) in [6.45, 7) is 1.88. The van der Waals surface area contributed by atoms with Gasteiger partial charge in [0.25, 0.3) is 11.6 Å². The molecule has 146 valence electrons. The molecule has 0 aliphatic carbocycles. The van der Waals surface area contributed by atoms with Crippen molar-refractivity contribution in [1.29, 1.82) is 0 Å². The number of carboxylic acid groups (broad SMARTS) is 1. The first-order valence-corrected chi connectivity index (χ1v) is 8.51. The minimum atomic E-state index is -1.25. The topological polar surface area (TPSA) is 119 Å². The molecule has 29 heavy (non-hydrogen) atoms. The number of aromatic carboxylic acids is 1. The Hall–Kier alpha value is -4.20. The van der Waals surface area contributed by atoms with E-state index in [1.165, 1.54) is 42.5 Å². The van der Waals surface area contributed by atoms with E-state index in [2.05, 4.69) is 5.32 Å². The van der Waals surface area contributed by atoms with Crippen molar-refractivity contribution in [2.24, 2.45) is 0 Å². The van der Waals surface area contributed by atoms with Crippen molar-refractivity contribution in [3.8, 4) is 11.5 Å². The second-order valence-electron chi connectivity index (χ2n) is 6.20. The second kappa shape index (κ2) is 8.22. The monoisotopic (exact) mass is 392 g/mol. The number of carboxylic acids is 1. The molecule has 0 saturated heterocycles. The Balaban J connectivity index is 1.93. The van der Waals surface area contributed by atoms with Gasteiger partial charge in [0.2, 0.25) is 0 Å². The SMILES string of the molecule is Cc1cccc(Oc2cc(NC(=O)c3ccccc3C(=O)O)cc([N+](=O)[O-])c2)c1. The molecular weight excluding hydrogens is 376 g/mol. The van der Waals surface area contributed by atoms with Crippen LogP contribution in [0.15, 0.2) is 66.7 Å². The fourth-order valence-electron chi connectivity index (χ4n) is 2.70. The molecule has 0 unspecified atom stereocenters. The highest BCUT2D eigenvalue weighted by molar-refractivity contribution is 6.10. The number of nitro benzene ring substituents is 1. The van der Waals surface area contributed by atoms with Gasteiger partial charge >= 0.3 is 5.97 Å². The van der Waals surface area contributed by atoms with Crippen LogP contribution >= 0.6 is 0 Å². The van der Waals surface area contributed by atoms with E-state index in [-0.39, 0.29) is 28.3 Å². The standard InChI is InChI=1S/C21H16N2O6/c1-13-5-4-6-16(9-13)29-17-11-14(10-15(12-17)23(27)28)22-20(24)18-7-2-3-8-19(18)21(25)26/h2-12H,1H3,(H,22,24)(H,25,26). The Kier molecular flexibility index (Phi) is 5.54. The maximum absolute atomic E-state index is 12.5. The number of ether oxygens (including phenoxy) is 1. The lowest BCUT2D eigenvalue weighted by Crippen LogP contribution is -2.16. The molecule has 0 aliphatic heterocycles. The van der Waals surface area contributed by atoms with Gasteiger partial charge in [-0.3, -0.25) is 14.9 Å². The maximum Gasteiger partial charge on any atom is 0.336 e. The molecule has 3 rings (SSSR count). The van der Waals surface area contributed by atoms with Crippen molar-refractivity contribution < 1.29 is 24.4 Å². The molecular formula is C21H16N2O6. The third-order valence-electron chi connectivity index (χ3n) is 3.99. The fourth-order valence-corrected chi connectivity index (χ4v) is 2.70. The van der Waals surface area contributed by atoms with Gasteiger partial charge in [-0.15, -0.1) is 0 Å². The number of benzene rings is 3. The minimum absolute atomic E-state index is 0.0624. The molecule has 0 aliphatic rings. The molecule has 0 spiro atoms. The number of carbonyl (C=O) groups excluding carboxylic acids is 1. The number of anilines is 1. The van der Waals surface area contributed by atoms with Crippen LogP contribution in [0.5, 0.6) is 11.5 Å². The average molecular weight is 392 g/mol. The number of aryl methyl sites for hydroxylation is 1. The number of nitrogens with zero attached hydrogens (tertiary/aromatic N) is 1. The summed E-state index contributed by atoms with van der Waals surface area (Å²) in [4.78, 5) is 34.5. The van der Waals surface area contributed by atoms with Crippen LogP contribution in [0.25, 0.3) is 0 Å². The summed E-state index contributed by atoms with van der Waals surface area (Å²) in [5.74, 6) is -1.31. The summed E-state index contributed by atoms with van der Waals surface area (Å²) in [6.07, 6.45) is 0. The number of hydrogen-bond acceptors (Lipinski definition) is 5. The molecule has 0 saturated carbocycles. The van der Waals surface area contributed by atoms with Gasteiger partial charge in [0.15, 0.2) is 0 Å². The molecule has 0 aromatic heterocycles. The average Bonchev–Trinajstić information content (AvgIpc) is 2.67. The van der Waals surface area contributed by atoms with Gasteiger partial charge in [-0.25, -0.2) is 4.79 Å². The Bertz CT molecular complexity index is 1110. The number of carbonyl (C=O) groups is 2. The van der Waals surface area contributed by atoms with Gasteiger partial charge < -0.3 is 15.2 Å². The molecule has 3 aromatic carbocycles. The number of rotatable bonds is 6. The number of amides is 1. The van der Waals surface area contributed by atoms with E-state index in [4.69, 9.17) is 4.74 Å². The Morgan fingerprint density at radius 3 is 2.34 bits per heavy atom. The number of nitro groups is 1. The zero-order valence-corrected chi connectivity index (χ0v) is 15.3. The molecule has 0 fully saturated rings. The summed E-state index contributed by atoms with van der Waals surface area (Å²) in [7, 11) is 0. The van der Waals surface area contributed by atoms with E-state index < -0.39 is 16.8 Å². The molecule has 2 N–H and O–H groups in total. The first-order chi connectivity index (χ1) is 13.8. The molecule has 1 amide bonds. The van der Waals surface area contributed by atoms with Crippen molar-refractivity contribution in [3.63, 3.8) is 0 Å². The number of nitrogens with one attached hydrogen (secondary N) is 1. The van der Waals surface area contributed by atoms with Gasteiger partial charge in [0.1, 0.15) is 11.5 Å². The van der Waals surface area contributed by atoms with Crippen molar-refractivity contribution in [2.45, 2.75) is 6.92 Å². The van der Waals surface area contributed by atoms with E-state index in [9.17, 15) is 24.8 Å². The van der Waals surface area contributed by atoms with Crippen LogP contribution in [0.4, 0.5) is 11.4 Å². The Morgan fingerprint density at radius 1 is 0.966 bits per heavy atom. The smallest absolute Gasteiger partial charge is 0.336 e. The van der Waals surface area contributed by atoms with Crippen LogP contribution in [0, 0.1) is 17.0 Å². The van der Waals surface area contributed by atoms with Crippen LogP contribution < -0.4 is 10.1 Å². The normalized spacial score (nSPS) is 10.2. The summed E-state index contributed by atoms with van der Waals surface area (Å²) < 4.78 is 5.69. The zero-order valence-electron chi connectivity index (χ0n) is 15.3. The zero-order chi connectivity index (χ0) is 21.0. The third-order valence-corrected chi connectivity index (χ3v) is 3.99. The van der Waals surface area contributed by atoms with Crippen molar-refractivity contribution in [3.05, 3.63) is 93.5 Å². The van der Waals surface area contributed by atoms with Gasteiger partial charge in [-0.1, -0.05) is 24.3 Å². The summed E-state index contributed by atoms with van der Waals surface area (Å²) in [5, 5.41) is 23.0. The molecule has 0 atom stereocenters. The lowest BCUT2D eigenvalue weighted by atomic mass is 10.1. The highest BCUT2D eigenvalue weighted by Crippen LogP contribution is 2.30. The van der Waals surface area contributed by atoms with E-state index in [1.807, 2.05) is 13.0 Å². The highest BCUT2D eigenvalue weighted by Gasteiger charge is 2.18. The molecule has 8 nitrogen and oxygen atoms in total. The van der Waals surface area contributed by atoms with Crippen LogP contribution in [0.1, 0.15) is 26.3 Å². The Labute approximate surface area is 165 Å². The lowest BCUT2D eigenvalue weighted by Gasteiger charge is -2.11. The van der Waals surface area contributed by atoms with Crippen molar-refractivity contribution in [1.82, 2.24) is 0 Å². The molecule has 0 bridgehead atoms. The predicted molar refractivity (Wildman–Crippen MR) is 106 cm³/mol. The second-order valence-corrected chi connectivity index (χ2v) is 6.20. The fraction of sp³-hybridized carbons (Fsp3) is 0.0476. The molecule has 8 heteroatoms. The van der Waals surface area contributed by atoms with Crippen molar-refractivity contribution >= 4 is 23.3 Å². The van der Waals surface area contributed by atoms with E-state index in [0.29, 0.717) is 5.75 Å². The van der Waals surface area contributed by atoms with Gasteiger partial charge in [-0.05, 0) is 36.8 Å². The van der Waals surface area contributed by atoms with Crippen LogP contribution in [0.2, 0.25) is 0 Å². The lowest BCUT2D eigenvalue weighted by molar-refractivity contribution is -0.384. The third kappa shape index (κ3) is 4.75. The van der Waals surface area contributed by atoms with Gasteiger partial charge in [0, 0.05) is 12.1 Å². The quantitative estimate of drug-likeness (QED) is 0.466. The first-order valence-electron chi connectivity index (χ1n) is 8.51. The molecule has 0 heterocycles. The Morgan fingerprint density at radius 2 is 1.69 bits per heavy atom. The number of hydrogen-bond donors (Lipinski definition) is 2. The summed E-state index contributed by atoms with van der Waals surface area (Å²) >= 11 is 0. The van der Waals surface area contributed by atoms with Gasteiger partial charge in [-0.2, -0.15) is 0 Å². The van der Waals surface area contributed by atoms with E-state index in [1.54, 1.807) is 18.2 Å². The van der Waals surface area contributed by atoms with Gasteiger partial charge in [0.05, 0.1) is 27.8 Å². The van der Waals surface area contributed by atoms with Crippen LogP contribution in [0.3, 0.4) is 0 Å².